The van der Waals surface area contributed by atoms with Gasteiger partial charge in [-0.3, -0.25) is 4.79 Å². The van der Waals surface area contributed by atoms with Gasteiger partial charge in [0, 0.05) is 25.3 Å². The number of carbonyl (C=O) groups excluding carboxylic acids is 1. The average Bonchev–Trinajstić information content (AvgIpc) is 3.11. The molecule has 23 heavy (non-hydrogen) atoms. The van der Waals surface area contributed by atoms with Crippen LogP contribution >= 0.6 is 0 Å². The molecular weight excluding hydrogens is 296 g/mol. The smallest absolute Gasteiger partial charge is 0.225 e. The molecule has 8 nitrogen and oxygen atoms in total. The third-order valence-corrected chi connectivity index (χ3v) is 5.15. The Balaban J connectivity index is 1.48. The molecule has 0 aliphatic carbocycles. The van der Waals surface area contributed by atoms with Crippen LogP contribution in [0.2, 0.25) is 0 Å². The lowest BCUT2D eigenvalue weighted by atomic mass is 9.95. The lowest BCUT2D eigenvalue weighted by Gasteiger charge is -2.28. The molecule has 2 fully saturated rings. The van der Waals surface area contributed by atoms with Crippen molar-refractivity contribution in [2.24, 2.45) is 5.92 Å². The molecule has 3 aliphatic heterocycles. The van der Waals surface area contributed by atoms with Gasteiger partial charge >= 0.3 is 0 Å². The second-order valence-electron chi connectivity index (χ2n) is 6.75. The maximum atomic E-state index is 12.7. The largest absolute Gasteiger partial charge is 0.468 e. The number of nitrogens with one attached hydrogen (secondary N) is 1. The van der Waals surface area contributed by atoms with Crippen molar-refractivity contribution in [2.75, 3.05) is 37.6 Å². The molecule has 3 aliphatic rings. The predicted molar refractivity (Wildman–Crippen MR) is 84.7 cm³/mol. The highest BCUT2D eigenvalue weighted by Crippen LogP contribution is 2.41. The maximum absolute atomic E-state index is 12.7. The molecule has 4 heterocycles. The Morgan fingerprint density at radius 2 is 2.09 bits per heavy atom. The summed E-state index contributed by atoms with van der Waals surface area (Å²) in [6.45, 7) is 3.15. The van der Waals surface area contributed by atoms with Crippen molar-refractivity contribution in [1.29, 1.82) is 0 Å². The normalized spacial score (nSPS) is 27.2. The number of nitrogen functional groups attached to an aromatic ring is 2. The van der Waals surface area contributed by atoms with Crippen LogP contribution in [0.5, 0.6) is 5.88 Å². The Bertz CT molecular complexity index is 645. The van der Waals surface area contributed by atoms with Crippen molar-refractivity contribution in [1.82, 2.24) is 20.2 Å². The summed E-state index contributed by atoms with van der Waals surface area (Å²) >= 11 is 0. The number of fused-ring (bicyclic) bond motifs is 1. The minimum absolute atomic E-state index is 0.124. The van der Waals surface area contributed by atoms with Crippen molar-refractivity contribution in [3.8, 4) is 5.88 Å². The molecule has 2 saturated heterocycles. The van der Waals surface area contributed by atoms with Crippen LogP contribution in [0.1, 0.15) is 24.8 Å². The zero-order valence-corrected chi connectivity index (χ0v) is 13.0. The fourth-order valence-corrected chi connectivity index (χ4v) is 3.90. The number of anilines is 2. The number of hydrogen-bond acceptors (Lipinski definition) is 7. The molecule has 8 heteroatoms. The summed E-state index contributed by atoms with van der Waals surface area (Å²) in [5, 5.41) is 3.30. The maximum Gasteiger partial charge on any atom is 0.225 e. The van der Waals surface area contributed by atoms with E-state index in [2.05, 4.69) is 15.3 Å². The highest BCUT2D eigenvalue weighted by atomic mass is 16.5. The van der Waals surface area contributed by atoms with E-state index in [0.29, 0.717) is 24.7 Å². The van der Waals surface area contributed by atoms with Crippen LogP contribution < -0.4 is 21.5 Å². The molecule has 1 amide bonds. The fraction of sp³-hybridized carbons (Fsp3) is 0.667. The van der Waals surface area contributed by atoms with Gasteiger partial charge in [-0.05, 0) is 25.9 Å². The van der Waals surface area contributed by atoms with E-state index in [4.69, 9.17) is 16.2 Å². The first-order valence-electron chi connectivity index (χ1n) is 8.17. The molecule has 1 aromatic rings. The highest BCUT2D eigenvalue weighted by Gasteiger charge is 2.48. The second kappa shape index (κ2) is 5.23. The number of aromatic nitrogens is 2. The third-order valence-electron chi connectivity index (χ3n) is 5.15. The van der Waals surface area contributed by atoms with Crippen LogP contribution in [0.4, 0.5) is 11.8 Å². The van der Waals surface area contributed by atoms with E-state index in [9.17, 15) is 4.79 Å². The van der Waals surface area contributed by atoms with Gasteiger partial charge in [0.05, 0.1) is 12.1 Å². The van der Waals surface area contributed by atoms with Crippen LogP contribution in [-0.2, 0) is 11.2 Å². The van der Waals surface area contributed by atoms with Crippen molar-refractivity contribution in [3.05, 3.63) is 5.56 Å². The Labute approximate surface area is 134 Å². The minimum Gasteiger partial charge on any atom is -0.468 e. The zero-order valence-electron chi connectivity index (χ0n) is 13.0. The number of amides is 1. The van der Waals surface area contributed by atoms with Gasteiger partial charge in [0.15, 0.2) is 0 Å². The molecule has 0 bridgehead atoms. The van der Waals surface area contributed by atoms with E-state index >= 15 is 0 Å². The monoisotopic (exact) mass is 318 g/mol. The quantitative estimate of drug-likeness (QED) is 0.641. The predicted octanol–water partition coefficient (Wildman–Crippen LogP) is -0.453. The molecule has 0 saturated carbocycles. The minimum atomic E-state index is -0.415. The van der Waals surface area contributed by atoms with Crippen LogP contribution in [-0.4, -0.2) is 52.6 Å². The number of likely N-dealkylation sites (tertiary alicyclic amines) is 1. The fourth-order valence-electron chi connectivity index (χ4n) is 3.90. The SMILES string of the molecule is Nc1nc(N)c2c(n1)O[C@]1(CCN(C(=O)C3CCNCC3)C1)C2. The first kappa shape index (κ1) is 14.5. The molecule has 0 unspecified atom stereocenters. The lowest BCUT2D eigenvalue weighted by molar-refractivity contribution is -0.136. The molecule has 4 rings (SSSR count). The summed E-state index contributed by atoms with van der Waals surface area (Å²) in [5.74, 6) is 1.37. The lowest BCUT2D eigenvalue weighted by Crippen LogP contribution is -2.43. The van der Waals surface area contributed by atoms with Crippen LogP contribution in [0.3, 0.4) is 0 Å². The van der Waals surface area contributed by atoms with E-state index in [0.717, 1.165) is 44.5 Å². The zero-order chi connectivity index (χ0) is 16.0. The molecule has 5 N–H and O–H groups in total. The van der Waals surface area contributed by atoms with Crippen LogP contribution in [0.25, 0.3) is 0 Å². The summed E-state index contributed by atoms with van der Waals surface area (Å²) < 4.78 is 6.07. The first-order chi connectivity index (χ1) is 11.1. The molecule has 1 spiro atoms. The molecule has 1 atom stereocenters. The van der Waals surface area contributed by atoms with Gasteiger partial charge in [0.1, 0.15) is 11.4 Å². The van der Waals surface area contributed by atoms with Crippen molar-refractivity contribution < 1.29 is 9.53 Å². The number of nitrogens with two attached hydrogens (primary N) is 2. The van der Waals surface area contributed by atoms with E-state index in [-0.39, 0.29) is 17.8 Å². The molecular formula is C15H22N6O2. The van der Waals surface area contributed by atoms with Crippen molar-refractivity contribution in [2.45, 2.75) is 31.3 Å². The van der Waals surface area contributed by atoms with E-state index in [1.165, 1.54) is 0 Å². The number of carbonyl (C=O) groups is 1. The summed E-state index contributed by atoms with van der Waals surface area (Å²) in [5.41, 5.74) is 12.0. The van der Waals surface area contributed by atoms with Crippen LogP contribution in [0.15, 0.2) is 0 Å². The van der Waals surface area contributed by atoms with E-state index in [1.807, 2.05) is 4.90 Å². The van der Waals surface area contributed by atoms with Crippen LogP contribution in [0, 0.1) is 5.92 Å². The number of ether oxygens (including phenoxy) is 1. The Morgan fingerprint density at radius 3 is 2.87 bits per heavy atom. The van der Waals surface area contributed by atoms with Gasteiger partial charge in [-0.15, -0.1) is 0 Å². The van der Waals surface area contributed by atoms with Crippen molar-refractivity contribution in [3.63, 3.8) is 0 Å². The third kappa shape index (κ3) is 2.46. The summed E-state index contributed by atoms with van der Waals surface area (Å²) in [6.07, 6.45) is 3.26. The Kier molecular flexibility index (Phi) is 3.29. The summed E-state index contributed by atoms with van der Waals surface area (Å²) in [6, 6.07) is 0. The first-order valence-corrected chi connectivity index (χ1v) is 8.17. The number of nitrogens with zero attached hydrogens (tertiary/aromatic N) is 3. The standard InChI is InChI=1S/C15H22N6O2/c16-11-10-7-15(23-12(10)20-14(17)19-11)3-6-21(8-15)13(22)9-1-4-18-5-2-9/h9,18H,1-8H2,(H4,16,17,19,20)/t15-/m1/s1. The van der Waals surface area contributed by atoms with Gasteiger partial charge in [-0.1, -0.05) is 0 Å². The van der Waals surface area contributed by atoms with Crippen molar-refractivity contribution >= 4 is 17.7 Å². The average molecular weight is 318 g/mol. The second-order valence-corrected chi connectivity index (χ2v) is 6.75. The van der Waals surface area contributed by atoms with Gasteiger partial charge in [-0.25, -0.2) is 0 Å². The van der Waals surface area contributed by atoms with Gasteiger partial charge in [0.2, 0.25) is 17.7 Å². The van der Waals surface area contributed by atoms with Gasteiger partial charge in [-0.2, -0.15) is 9.97 Å². The number of hydrogen-bond donors (Lipinski definition) is 3. The molecule has 1 aromatic heterocycles. The molecule has 124 valence electrons. The van der Waals surface area contributed by atoms with Gasteiger partial charge < -0.3 is 26.4 Å². The molecule has 0 radical (unpaired) electrons. The van der Waals surface area contributed by atoms with E-state index in [1.54, 1.807) is 0 Å². The Hall–Kier alpha value is -2.09. The number of rotatable bonds is 1. The molecule has 0 aromatic carbocycles. The summed E-state index contributed by atoms with van der Waals surface area (Å²) in [4.78, 5) is 22.8. The highest BCUT2D eigenvalue weighted by molar-refractivity contribution is 5.79. The number of piperidine rings is 1. The van der Waals surface area contributed by atoms with Gasteiger partial charge in [0.25, 0.3) is 0 Å². The topological polar surface area (TPSA) is 119 Å². The Morgan fingerprint density at radius 1 is 1.30 bits per heavy atom. The van der Waals surface area contributed by atoms with E-state index < -0.39 is 5.60 Å². The summed E-state index contributed by atoms with van der Waals surface area (Å²) in [7, 11) is 0.